The lowest BCUT2D eigenvalue weighted by atomic mass is 9.63. The first-order valence-electron chi connectivity index (χ1n) is 7.56. The molecule has 2 aliphatic rings. The molecule has 1 saturated carbocycles. The van der Waals surface area contributed by atoms with Crippen LogP contribution in [0.1, 0.15) is 30.4 Å². The van der Waals surface area contributed by atoms with Crippen LogP contribution in [0.5, 0.6) is 0 Å². The maximum atomic E-state index is 5.88. The summed E-state index contributed by atoms with van der Waals surface area (Å²) in [7, 11) is 0. The first-order valence-corrected chi connectivity index (χ1v) is 7.56. The Morgan fingerprint density at radius 2 is 1.48 bits per heavy atom. The summed E-state index contributed by atoms with van der Waals surface area (Å²) in [5, 5.41) is 0. The van der Waals surface area contributed by atoms with Crippen molar-refractivity contribution in [2.75, 3.05) is 0 Å². The van der Waals surface area contributed by atoms with Gasteiger partial charge in [0.05, 0.1) is 0 Å². The molecule has 2 fully saturated rings. The minimum absolute atomic E-state index is 0.0318. The third-order valence-corrected chi connectivity index (χ3v) is 5.17. The summed E-state index contributed by atoms with van der Waals surface area (Å²) >= 11 is 0. The Morgan fingerprint density at radius 1 is 0.905 bits per heavy atom. The summed E-state index contributed by atoms with van der Waals surface area (Å²) < 4.78 is 5.88. The van der Waals surface area contributed by atoms with Crippen LogP contribution in [-0.4, -0.2) is 11.7 Å². The van der Waals surface area contributed by atoms with Crippen molar-refractivity contribution in [2.45, 2.75) is 36.4 Å². The number of benzene rings is 2. The quantitative estimate of drug-likeness (QED) is 0.597. The van der Waals surface area contributed by atoms with Gasteiger partial charge in [-0.3, -0.25) is 0 Å². The van der Waals surface area contributed by atoms with Crippen LogP contribution in [0.4, 0.5) is 0 Å². The van der Waals surface area contributed by atoms with Gasteiger partial charge in [0.15, 0.2) is 5.60 Å². The van der Waals surface area contributed by atoms with Crippen molar-refractivity contribution in [3.63, 3.8) is 0 Å². The fourth-order valence-electron chi connectivity index (χ4n) is 3.87. The second kappa shape index (κ2) is 4.48. The SMILES string of the molecule is C#CC12CCC(c3ccccc3)(c3ccccc3)CC1O2. The molecular formula is C20H18O. The summed E-state index contributed by atoms with van der Waals surface area (Å²) in [6.45, 7) is 0. The number of epoxide rings is 1. The average Bonchev–Trinajstić information content (AvgIpc) is 3.30. The van der Waals surface area contributed by atoms with Crippen molar-refractivity contribution in [1.29, 1.82) is 0 Å². The molecule has 2 atom stereocenters. The largest absolute Gasteiger partial charge is 0.352 e. The van der Waals surface area contributed by atoms with Crippen LogP contribution in [-0.2, 0) is 10.2 Å². The monoisotopic (exact) mass is 274 g/mol. The van der Waals surface area contributed by atoms with Crippen LogP contribution in [0.15, 0.2) is 60.7 Å². The van der Waals surface area contributed by atoms with E-state index in [0.717, 1.165) is 19.3 Å². The third-order valence-electron chi connectivity index (χ3n) is 5.17. The van der Waals surface area contributed by atoms with Gasteiger partial charge in [-0.2, -0.15) is 0 Å². The molecule has 1 aliphatic heterocycles. The highest BCUT2D eigenvalue weighted by Crippen LogP contribution is 2.56. The van der Waals surface area contributed by atoms with Crippen molar-refractivity contribution < 1.29 is 4.74 Å². The maximum absolute atomic E-state index is 5.88. The Morgan fingerprint density at radius 3 is 1.95 bits per heavy atom. The predicted molar refractivity (Wildman–Crippen MR) is 84.0 cm³/mol. The zero-order valence-corrected chi connectivity index (χ0v) is 12.0. The lowest BCUT2D eigenvalue weighted by Gasteiger charge is -2.38. The molecule has 0 aromatic heterocycles. The van der Waals surface area contributed by atoms with E-state index in [1.165, 1.54) is 11.1 Å². The first-order chi connectivity index (χ1) is 10.3. The minimum Gasteiger partial charge on any atom is -0.352 e. The number of ether oxygens (including phenoxy) is 1. The van der Waals surface area contributed by atoms with E-state index in [-0.39, 0.29) is 17.1 Å². The third kappa shape index (κ3) is 1.83. The molecule has 0 N–H and O–H groups in total. The average molecular weight is 274 g/mol. The lowest BCUT2D eigenvalue weighted by Crippen LogP contribution is -2.37. The fourth-order valence-corrected chi connectivity index (χ4v) is 3.87. The molecule has 1 aliphatic carbocycles. The summed E-state index contributed by atoms with van der Waals surface area (Å²) in [5.74, 6) is 2.87. The molecule has 0 bridgehead atoms. The second-order valence-electron chi connectivity index (χ2n) is 6.16. The summed E-state index contributed by atoms with van der Waals surface area (Å²) in [5.41, 5.74) is 2.51. The van der Waals surface area contributed by atoms with Crippen LogP contribution in [0.2, 0.25) is 0 Å². The molecule has 0 spiro atoms. The van der Waals surface area contributed by atoms with Gasteiger partial charge in [-0.25, -0.2) is 0 Å². The molecule has 104 valence electrons. The Kier molecular flexibility index (Phi) is 2.71. The van der Waals surface area contributed by atoms with E-state index < -0.39 is 0 Å². The molecule has 2 unspecified atom stereocenters. The molecule has 1 nitrogen and oxygen atoms in total. The highest BCUT2D eigenvalue weighted by atomic mass is 16.6. The Labute approximate surface area is 126 Å². The number of hydrogen-bond acceptors (Lipinski definition) is 1. The van der Waals surface area contributed by atoms with E-state index in [9.17, 15) is 0 Å². The summed E-state index contributed by atoms with van der Waals surface area (Å²) in [6, 6.07) is 21.6. The normalized spacial score (nSPS) is 29.2. The molecule has 21 heavy (non-hydrogen) atoms. The number of hydrogen-bond donors (Lipinski definition) is 0. The van der Waals surface area contributed by atoms with Crippen LogP contribution in [0.25, 0.3) is 0 Å². The molecule has 1 saturated heterocycles. The van der Waals surface area contributed by atoms with Gasteiger partial charge in [0, 0.05) is 5.41 Å². The van der Waals surface area contributed by atoms with Crippen LogP contribution in [0.3, 0.4) is 0 Å². The number of terminal acetylenes is 1. The Balaban J connectivity index is 1.80. The van der Waals surface area contributed by atoms with Gasteiger partial charge >= 0.3 is 0 Å². The molecule has 1 heterocycles. The van der Waals surface area contributed by atoms with Gasteiger partial charge in [0.2, 0.25) is 0 Å². The standard InChI is InChI=1S/C20H18O/c1-2-20-14-13-19(15-18(20)21-20,16-9-5-3-6-10-16)17-11-7-4-8-12-17/h1,3-12,18H,13-15H2. The fraction of sp³-hybridized carbons (Fsp3) is 0.300. The topological polar surface area (TPSA) is 12.5 Å². The van der Waals surface area contributed by atoms with Crippen LogP contribution >= 0.6 is 0 Å². The lowest BCUT2D eigenvalue weighted by molar-refractivity contribution is 0.336. The number of fused-ring (bicyclic) bond motifs is 1. The van der Waals surface area contributed by atoms with Crippen molar-refractivity contribution >= 4 is 0 Å². The summed E-state index contributed by atoms with van der Waals surface area (Å²) in [6.07, 6.45) is 8.84. The van der Waals surface area contributed by atoms with Crippen molar-refractivity contribution in [3.8, 4) is 12.3 Å². The van der Waals surface area contributed by atoms with Gasteiger partial charge in [-0.1, -0.05) is 66.6 Å². The van der Waals surface area contributed by atoms with E-state index in [2.05, 4.69) is 66.6 Å². The maximum Gasteiger partial charge on any atom is 0.155 e. The minimum atomic E-state index is -0.271. The predicted octanol–water partition coefficient (Wildman–Crippen LogP) is 3.93. The van der Waals surface area contributed by atoms with Crippen LogP contribution < -0.4 is 0 Å². The molecule has 0 radical (unpaired) electrons. The Hall–Kier alpha value is -2.04. The van der Waals surface area contributed by atoms with E-state index in [1.54, 1.807) is 0 Å². The Bertz CT molecular complexity index is 643. The van der Waals surface area contributed by atoms with Crippen molar-refractivity contribution in [2.24, 2.45) is 0 Å². The molecule has 4 rings (SSSR count). The van der Waals surface area contributed by atoms with Crippen molar-refractivity contribution in [1.82, 2.24) is 0 Å². The molecule has 2 aromatic carbocycles. The highest BCUT2D eigenvalue weighted by molar-refractivity contribution is 5.43. The van der Waals surface area contributed by atoms with Gasteiger partial charge in [0.25, 0.3) is 0 Å². The van der Waals surface area contributed by atoms with Gasteiger partial charge in [-0.15, -0.1) is 6.42 Å². The van der Waals surface area contributed by atoms with Gasteiger partial charge in [-0.05, 0) is 30.4 Å². The molecular weight excluding hydrogens is 256 g/mol. The number of rotatable bonds is 2. The van der Waals surface area contributed by atoms with E-state index in [0.29, 0.717) is 0 Å². The summed E-state index contributed by atoms with van der Waals surface area (Å²) in [4.78, 5) is 0. The molecule has 0 amide bonds. The van der Waals surface area contributed by atoms with Crippen molar-refractivity contribution in [3.05, 3.63) is 71.8 Å². The van der Waals surface area contributed by atoms with Gasteiger partial charge in [0.1, 0.15) is 6.10 Å². The second-order valence-corrected chi connectivity index (χ2v) is 6.16. The van der Waals surface area contributed by atoms with E-state index in [1.807, 2.05) is 0 Å². The first kappa shape index (κ1) is 12.7. The highest BCUT2D eigenvalue weighted by Gasteiger charge is 2.62. The molecule has 2 aromatic rings. The molecule has 1 heteroatoms. The van der Waals surface area contributed by atoms with E-state index >= 15 is 0 Å². The van der Waals surface area contributed by atoms with Crippen LogP contribution in [0, 0.1) is 12.3 Å². The smallest absolute Gasteiger partial charge is 0.155 e. The van der Waals surface area contributed by atoms with Gasteiger partial charge < -0.3 is 4.74 Å². The zero-order valence-electron chi connectivity index (χ0n) is 12.0. The zero-order chi connectivity index (χ0) is 14.3. The van der Waals surface area contributed by atoms with E-state index in [4.69, 9.17) is 11.2 Å².